The van der Waals surface area contributed by atoms with Crippen LogP contribution in [0.25, 0.3) is 11.1 Å². The smallest absolute Gasteiger partial charge is 0.407 e. The topological polar surface area (TPSA) is 95.9 Å². The summed E-state index contributed by atoms with van der Waals surface area (Å²) in [4.78, 5) is 37.9. The average Bonchev–Trinajstić information content (AvgIpc) is 3.32. The third-order valence-corrected chi connectivity index (χ3v) is 5.77. The van der Waals surface area contributed by atoms with Crippen LogP contribution in [0.5, 0.6) is 0 Å². The second-order valence-corrected chi connectivity index (χ2v) is 7.88. The summed E-state index contributed by atoms with van der Waals surface area (Å²) in [6.07, 6.45) is -0.637. The van der Waals surface area contributed by atoms with E-state index in [0.29, 0.717) is 19.5 Å². The van der Waals surface area contributed by atoms with Crippen LogP contribution in [0, 0.1) is 0 Å². The van der Waals surface area contributed by atoms with Gasteiger partial charge in [0, 0.05) is 19.0 Å². The summed E-state index contributed by atoms with van der Waals surface area (Å²) in [5, 5.41) is 11.6. The SMILES string of the molecule is C=C1CCN(C(=O)C(CC(=O)O)NC(=O)OCC2c3ccccc3-c3ccccc32)C1. The first kappa shape index (κ1) is 20.7. The number of carboxylic acids is 1. The Kier molecular flexibility index (Phi) is 5.75. The minimum absolute atomic E-state index is 0.0916. The number of amides is 2. The summed E-state index contributed by atoms with van der Waals surface area (Å²) in [7, 11) is 0. The molecule has 1 heterocycles. The number of alkyl carbamates (subject to hydrolysis) is 1. The highest BCUT2D eigenvalue weighted by molar-refractivity contribution is 5.89. The fraction of sp³-hybridized carbons (Fsp3) is 0.292. The second kappa shape index (κ2) is 8.63. The summed E-state index contributed by atoms with van der Waals surface area (Å²) in [5.74, 6) is -1.72. The molecule has 7 nitrogen and oxygen atoms in total. The molecule has 2 N–H and O–H groups in total. The minimum Gasteiger partial charge on any atom is -0.481 e. The molecule has 2 aliphatic rings. The van der Waals surface area contributed by atoms with Crippen LogP contribution in [0.1, 0.15) is 29.9 Å². The van der Waals surface area contributed by atoms with Gasteiger partial charge in [0.25, 0.3) is 0 Å². The number of ether oxygens (including phenoxy) is 1. The number of aliphatic carboxylic acids is 1. The van der Waals surface area contributed by atoms with Gasteiger partial charge in [-0.25, -0.2) is 4.79 Å². The molecule has 2 aromatic rings. The van der Waals surface area contributed by atoms with Crippen LogP contribution in [0.3, 0.4) is 0 Å². The Balaban J connectivity index is 1.43. The van der Waals surface area contributed by atoms with Gasteiger partial charge in [0.05, 0.1) is 6.42 Å². The molecule has 1 aliphatic carbocycles. The molecule has 1 atom stereocenters. The van der Waals surface area contributed by atoms with Crippen molar-refractivity contribution in [2.75, 3.05) is 19.7 Å². The number of carbonyl (C=O) groups excluding carboxylic acids is 2. The molecule has 1 fully saturated rings. The molecule has 1 saturated heterocycles. The fourth-order valence-corrected chi connectivity index (χ4v) is 4.29. The van der Waals surface area contributed by atoms with Crippen LogP contribution in [0.2, 0.25) is 0 Å². The molecule has 1 unspecified atom stereocenters. The Morgan fingerprint density at radius 3 is 2.26 bits per heavy atom. The van der Waals surface area contributed by atoms with Crippen molar-refractivity contribution >= 4 is 18.0 Å². The molecular formula is C24H24N2O5. The minimum atomic E-state index is -1.18. The Hall–Kier alpha value is -3.61. The van der Waals surface area contributed by atoms with Gasteiger partial charge >= 0.3 is 12.1 Å². The van der Waals surface area contributed by atoms with Crippen molar-refractivity contribution in [3.8, 4) is 11.1 Å². The van der Waals surface area contributed by atoms with Gasteiger partial charge in [-0.3, -0.25) is 9.59 Å². The number of hydrogen-bond acceptors (Lipinski definition) is 4. The third kappa shape index (κ3) is 4.30. The zero-order valence-corrected chi connectivity index (χ0v) is 17.0. The monoisotopic (exact) mass is 420 g/mol. The lowest BCUT2D eigenvalue weighted by Gasteiger charge is -2.23. The second-order valence-electron chi connectivity index (χ2n) is 7.88. The van der Waals surface area contributed by atoms with E-state index < -0.39 is 30.4 Å². The molecule has 7 heteroatoms. The van der Waals surface area contributed by atoms with Gasteiger partial charge in [0.2, 0.25) is 5.91 Å². The van der Waals surface area contributed by atoms with E-state index >= 15 is 0 Å². The summed E-state index contributed by atoms with van der Waals surface area (Å²) in [6.45, 7) is 4.80. The molecule has 0 aromatic heterocycles. The van der Waals surface area contributed by atoms with Crippen LogP contribution in [0.15, 0.2) is 60.7 Å². The van der Waals surface area contributed by atoms with Crippen molar-refractivity contribution in [2.45, 2.75) is 24.8 Å². The lowest BCUT2D eigenvalue weighted by Crippen LogP contribution is -2.49. The predicted molar refractivity (Wildman–Crippen MR) is 115 cm³/mol. The standard InChI is InChI=1S/C24H24N2O5/c1-15-10-11-26(13-15)23(29)21(12-22(27)28)25-24(30)31-14-20-18-8-4-2-6-16(18)17-7-3-5-9-19(17)20/h2-9,20-21H,1,10-14H2,(H,25,30)(H,27,28). The van der Waals surface area contributed by atoms with Crippen LogP contribution >= 0.6 is 0 Å². The van der Waals surface area contributed by atoms with Gasteiger partial charge in [0.15, 0.2) is 0 Å². The van der Waals surface area contributed by atoms with E-state index in [4.69, 9.17) is 4.74 Å². The maximum absolute atomic E-state index is 12.7. The van der Waals surface area contributed by atoms with Crippen molar-refractivity contribution in [3.05, 3.63) is 71.8 Å². The zero-order chi connectivity index (χ0) is 22.0. The van der Waals surface area contributed by atoms with E-state index in [9.17, 15) is 19.5 Å². The van der Waals surface area contributed by atoms with E-state index in [1.54, 1.807) is 0 Å². The van der Waals surface area contributed by atoms with Gasteiger partial charge in [-0.2, -0.15) is 0 Å². The number of carbonyl (C=O) groups is 3. The first-order valence-electron chi connectivity index (χ1n) is 10.2. The van der Waals surface area contributed by atoms with Crippen LogP contribution in [-0.2, 0) is 14.3 Å². The number of carboxylic acid groups (broad SMARTS) is 1. The number of fused-ring (bicyclic) bond motifs is 3. The van der Waals surface area contributed by atoms with Crippen LogP contribution < -0.4 is 5.32 Å². The van der Waals surface area contributed by atoms with E-state index in [1.165, 1.54) is 4.90 Å². The Morgan fingerprint density at radius 1 is 1.10 bits per heavy atom. The number of nitrogens with one attached hydrogen (secondary N) is 1. The van der Waals surface area contributed by atoms with E-state index in [2.05, 4.69) is 11.9 Å². The molecule has 0 bridgehead atoms. The fourth-order valence-electron chi connectivity index (χ4n) is 4.29. The van der Waals surface area contributed by atoms with Gasteiger partial charge in [0.1, 0.15) is 12.6 Å². The average molecular weight is 420 g/mol. The normalized spacial score (nSPS) is 15.9. The number of hydrogen-bond donors (Lipinski definition) is 2. The summed E-state index contributed by atoms with van der Waals surface area (Å²) < 4.78 is 5.45. The molecule has 31 heavy (non-hydrogen) atoms. The van der Waals surface area contributed by atoms with Crippen molar-refractivity contribution < 1.29 is 24.2 Å². The molecule has 0 radical (unpaired) electrons. The number of rotatable bonds is 6. The molecular weight excluding hydrogens is 396 g/mol. The maximum atomic E-state index is 12.7. The van der Waals surface area contributed by atoms with Crippen molar-refractivity contribution in [3.63, 3.8) is 0 Å². The van der Waals surface area contributed by atoms with Crippen molar-refractivity contribution in [1.82, 2.24) is 10.2 Å². The lowest BCUT2D eigenvalue weighted by molar-refractivity contribution is -0.142. The molecule has 0 saturated carbocycles. The first-order chi connectivity index (χ1) is 14.9. The Labute approximate surface area is 180 Å². The van der Waals surface area contributed by atoms with Crippen LogP contribution in [-0.4, -0.2) is 53.7 Å². The van der Waals surface area contributed by atoms with Crippen molar-refractivity contribution in [1.29, 1.82) is 0 Å². The molecule has 160 valence electrons. The lowest BCUT2D eigenvalue weighted by atomic mass is 9.98. The zero-order valence-electron chi connectivity index (χ0n) is 17.0. The summed E-state index contributed by atoms with van der Waals surface area (Å²) in [5.41, 5.74) is 5.28. The molecule has 1 aliphatic heterocycles. The summed E-state index contributed by atoms with van der Waals surface area (Å²) in [6, 6.07) is 14.8. The predicted octanol–water partition coefficient (Wildman–Crippen LogP) is 3.16. The highest BCUT2D eigenvalue weighted by Gasteiger charge is 2.32. The number of likely N-dealkylation sites (tertiary alicyclic amines) is 1. The van der Waals surface area contributed by atoms with Crippen molar-refractivity contribution in [2.24, 2.45) is 0 Å². The van der Waals surface area contributed by atoms with E-state index in [1.807, 2.05) is 48.5 Å². The number of benzene rings is 2. The Bertz CT molecular complexity index is 1000. The molecule has 0 spiro atoms. The number of nitrogens with zero attached hydrogens (tertiary/aromatic N) is 1. The van der Waals surface area contributed by atoms with E-state index in [-0.39, 0.29) is 12.5 Å². The highest BCUT2D eigenvalue weighted by Crippen LogP contribution is 2.44. The highest BCUT2D eigenvalue weighted by atomic mass is 16.5. The first-order valence-corrected chi connectivity index (χ1v) is 10.2. The van der Waals surface area contributed by atoms with Crippen LogP contribution in [0.4, 0.5) is 4.79 Å². The molecule has 4 rings (SSSR count). The summed E-state index contributed by atoms with van der Waals surface area (Å²) >= 11 is 0. The van der Waals surface area contributed by atoms with Gasteiger partial charge in [-0.1, -0.05) is 60.7 Å². The van der Waals surface area contributed by atoms with Gasteiger partial charge in [-0.15, -0.1) is 0 Å². The maximum Gasteiger partial charge on any atom is 0.407 e. The Morgan fingerprint density at radius 2 is 1.71 bits per heavy atom. The van der Waals surface area contributed by atoms with Gasteiger partial charge in [-0.05, 0) is 28.7 Å². The van der Waals surface area contributed by atoms with Gasteiger partial charge < -0.3 is 20.1 Å². The molecule has 2 aromatic carbocycles. The largest absolute Gasteiger partial charge is 0.481 e. The van der Waals surface area contributed by atoms with E-state index in [0.717, 1.165) is 27.8 Å². The molecule has 2 amide bonds. The third-order valence-electron chi connectivity index (χ3n) is 5.77. The quantitative estimate of drug-likeness (QED) is 0.700.